The number of hydrogen-bond acceptors (Lipinski definition) is 7. The molecule has 2 aliphatic heterocycles. The first-order valence-electron chi connectivity index (χ1n) is 9.76. The lowest BCUT2D eigenvalue weighted by molar-refractivity contribution is 0.0445. The van der Waals surface area contributed by atoms with Gasteiger partial charge in [0.1, 0.15) is 17.1 Å². The second-order valence-electron chi connectivity index (χ2n) is 7.60. The van der Waals surface area contributed by atoms with Gasteiger partial charge in [-0.3, -0.25) is 4.79 Å². The lowest BCUT2D eigenvalue weighted by Gasteiger charge is -2.28. The molecule has 9 nitrogen and oxygen atoms in total. The summed E-state index contributed by atoms with van der Waals surface area (Å²) in [6, 6.07) is 6.84. The van der Waals surface area contributed by atoms with Crippen LogP contribution in [-0.4, -0.2) is 73.4 Å². The number of carbonyl (C=O) groups excluding carboxylic acids is 1. The van der Waals surface area contributed by atoms with Crippen LogP contribution in [0, 0.1) is 13.8 Å². The Balaban J connectivity index is 1.60. The van der Waals surface area contributed by atoms with Gasteiger partial charge in [0.05, 0.1) is 37.3 Å². The number of amides is 1. The fourth-order valence-corrected chi connectivity index (χ4v) is 5.57. The van der Waals surface area contributed by atoms with Crippen LogP contribution in [0.5, 0.6) is 5.75 Å². The molecule has 3 heterocycles. The van der Waals surface area contributed by atoms with Crippen molar-refractivity contribution in [2.24, 2.45) is 0 Å². The Morgan fingerprint density at radius 1 is 1.23 bits per heavy atom. The molecule has 2 fully saturated rings. The molecule has 2 atom stereocenters. The van der Waals surface area contributed by atoms with Crippen molar-refractivity contribution in [3.05, 3.63) is 46.8 Å². The van der Waals surface area contributed by atoms with E-state index < -0.39 is 16.1 Å². The van der Waals surface area contributed by atoms with Gasteiger partial charge in [-0.15, -0.1) is 0 Å². The number of ether oxygens (including phenoxy) is 2. The molecule has 0 unspecified atom stereocenters. The van der Waals surface area contributed by atoms with Crippen molar-refractivity contribution >= 4 is 15.9 Å². The first-order chi connectivity index (χ1) is 14.3. The molecule has 4 rings (SSSR count). The van der Waals surface area contributed by atoms with Crippen LogP contribution in [0.2, 0.25) is 0 Å². The van der Waals surface area contributed by atoms with Crippen molar-refractivity contribution in [1.82, 2.24) is 14.4 Å². The molecule has 1 amide bonds. The van der Waals surface area contributed by atoms with Gasteiger partial charge >= 0.3 is 0 Å². The average Bonchev–Trinajstić information content (AvgIpc) is 3.26. The summed E-state index contributed by atoms with van der Waals surface area (Å²) in [5.74, 6) is 0.863. The molecule has 0 bridgehead atoms. The number of methoxy groups -OCH3 is 1. The Labute approximate surface area is 175 Å². The number of aryl methyl sites for hydroxylation is 2. The van der Waals surface area contributed by atoms with Crippen LogP contribution in [0.4, 0.5) is 0 Å². The molecule has 2 aromatic rings. The summed E-state index contributed by atoms with van der Waals surface area (Å²) < 4.78 is 43.6. The molecule has 0 saturated carbocycles. The van der Waals surface area contributed by atoms with Gasteiger partial charge < -0.3 is 18.9 Å². The summed E-state index contributed by atoms with van der Waals surface area (Å²) in [7, 11) is -1.96. The van der Waals surface area contributed by atoms with Crippen LogP contribution in [0.25, 0.3) is 0 Å². The minimum atomic E-state index is -3.54. The number of rotatable bonds is 4. The zero-order valence-electron chi connectivity index (χ0n) is 17.2. The SMILES string of the molecule is COc1ccc(CN2[C@@H]3CN(C(=O)c4c(C)noc4C)C[C@@H]3OCCS2(=O)=O)cc1. The third-order valence-corrected chi connectivity index (χ3v) is 7.47. The van der Waals surface area contributed by atoms with Gasteiger partial charge in [-0.05, 0) is 31.5 Å². The lowest BCUT2D eigenvalue weighted by atomic mass is 10.1. The van der Waals surface area contributed by atoms with Gasteiger partial charge in [0.2, 0.25) is 10.0 Å². The van der Waals surface area contributed by atoms with Crippen LogP contribution in [-0.2, 0) is 21.3 Å². The number of fused-ring (bicyclic) bond motifs is 1. The maximum atomic E-state index is 13.1. The first-order valence-corrected chi connectivity index (χ1v) is 11.4. The van der Waals surface area contributed by atoms with E-state index in [-0.39, 0.29) is 37.5 Å². The molecule has 30 heavy (non-hydrogen) atoms. The maximum Gasteiger partial charge on any atom is 0.259 e. The molecule has 162 valence electrons. The van der Waals surface area contributed by atoms with Crippen LogP contribution in [0.15, 0.2) is 28.8 Å². The van der Waals surface area contributed by atoms with E-state index >= 15 is 0 Å². The molecule has 0 N–H and O–H groups in total. The highest BCUT2D eigenvalue weighted by Crippen LogP contribution is 2.29. The number of sulfonamides is 1. The molecular formula is C20H25N3O6S. The number of nitrogens with zero attached hydrogens (tertiary/aromatic N) is 3. The third-order valence-electron chi connectivity index (χ3n) is 5.67. The van der Waals surface area contributed by atoms with E-state index in [0.717, 1.165) is 5.56 Å². The van der Waals surface area contributed by atoms with E-state index in [9.17, 15) is 13.2 Å². The summed E-state index contributed by atoms with van der Waals surface area (Å²) in [6.45, 7) is 4.30. The second-order valence-corrected chi connectivity index (χ2v) is 9.64. The summed E-state index contributed by atoms with van der Waals surface area (Å²) in [4.78, 5) is 14.7. The van der Waals surface area contributed by atoms with Crippen LogP contribution < -0.4 is 4.74 Å². The van der Waals surface area contributed by atoms with Crippen molar-refractivity contribution in [2.45, 2.75) is 32.5 Å². The van der Waals surface area contributed by atoms with Gasteiger partial charge in [-0.2, -0.15) is 4.31 Å². The Morgan fingerprint density at radius 2 is 1.97 bits per heavy atom. The zero-order valence-corrected chi connectivity index (χ0v) is 18.0. The number of aromatic nitrogens is 1. The summed E-state index contributed by atoms with van der Waals surface area (Å²) in [5.41, 5.74) is 1.79. The molecule has 10 heteroatoms. The Kier molecular flexibility index (Phi) is 5.56. The molecule has 1 aromatic carbocycles. The minimum absolute atomic E-state index is 0.0754. The van der Waals surface area contributed by atoms with Crippen LogP contribution in [0.1, 0.15) is 27.4 Å². The van der Waals surface area contributed by atoms with Gasteiger partial charge in [0.15, 0.2) is 0 Å². The second kappa shape index (κ2) is 8.01. The molecule has 2 aliphatic rings. The highest BCUT2D eigenvalue weighted by Gasteiger charge is 2.46. The van der Waals surface area contributed by atoms with E-state index in [1.165, 1.54) is 4.31 Å². The largest absolute Gasteiger partial charge is 0.497 e. The molecule has 1 aromatic heterocycles. The molecule has 0 radical (unpaired) electrons. The summed E-state index contributed by atoms with van der Waals surface area (Å²) >= 11 is 0. The predicted octanol–water partition coefficient (Wildman–Crippen LogP) is 1.36. The Morgan fingerprint density at radius 3 is 2.60 bits per heavy atom. The highest BCUT2D eigenvalue weighted by molar-refractivity contribution is 7.89. The predicted molar refractivity (Wildman–Crippen MR) is 108 cm³/mol. The lowest BCUT2D eigenvalue weighted by Crippen LogP contribution is -2.45. The number of carbonyl (C=O) groups is 1. The fourth-order valence-electron chi connectivity index (χ4n) is 4.06. The number of hydrogen-bond donors (Lipinski definition) is 0. The van der Waals surface area contributed by atoms with Gasteiger partial charge in [-0.25, -0.2) is 8.42 Å². The highest BCUT2D eigenvalue weighted by atomic mass is 32.2. The molecular weight excluding hydrogens is 410 g/mol. The minimum Gasteiger partial charge on any atom is -0.497 e. The smallest absolute Gasteiger partial charge is 0.259 e. The quantitative estimate of drug-likeness (QED) is 0.714. The summed E-state index contributed by atoms with van der Waals surface area (Å²) in [6.07, 6.45) is -0.384. The molecule has 0 aliphatic carbocycles. The Hall–Kier alpha value is -2.43. The molecule has 0 spiro atoms. The normalized spacial score (nSPS) is 23.8. The van der Waals surface area contributed by atoms with E-state index in [4.69, 9.17) is 14.0 Å². The monoisotopic (exact) mass is 435 g/mol. The molecule has 2 saturated heterocycles. The number of likely N-dealkylation sites (tertiary alicyclic amines) is 1. The van der Waals surface area contributed by atoms with E-state index in [0.29, 0.717) is 29.3 Å². The van der Waals surface area contributed by atoms with Crippen molar-refractivity contribution in [3.63, 3.8) is 0 Å². The average molecular weight is 436 g/mol. The van der Waals surface area contributed by atoms with Crippen molar-refractivity contribution < 1.29 is 27.2 Å². The van der Waals surface area contributed by atoms with Gasteiger partial charge in [-0.1, -0.05) is 17.3 Å². The number of benzene rings is 1. The maximum absolute atomic E-state index is 13.1. The topological polar surface area (TPSA) is 102 Å². The van der Waals surface area contributed by atoms with E-state index in [1.807, 2.05) is 12.1 Å². The van der Waals surface area contributed by atoms with Crippen LogP contribution in [0.3, 0.4) is 0 Å². The van der Waals surface area contributed by atoms with Gasteiger partial charge in [0.25, 0.3) is 5.91 Å². The van der Waals surface area contributed by atoms with Crippen molar-refractivity contribution in [3.8, 4) is 5.75 Å². The van der Waals surface area contributed by atoms with E-state index in [1.54, 1.807) is 38.0 Å². The third kappa shape index (κ3) is 3.82. The van der Waals surface area contributed by atoms with Crippen molar-refractivity contribution in [2.75, 3.05) is 32.6 Å². The van der Waals surface area contributed by atoms with Crippen molar-refractivity contribution in [1.29, 1.82) is 0 Å². The van der Waals surface area contributed by atoms with Gasteiger partial charge in [0, 0.05) is 19.6 Å². The summed E-state index contributed by atoms with van der Waals surface area (Å²) in [5, 5.41) is 3.85. The standard InChI is InChI=1S/C20H25N3O6S/c1-13-19(14(2)29-21-13)20(24)22-11-17-18(12-22)28-8-9-30(25,26)23(17)10-15-4-6-16(27-3)7-5-15/h4-7,17-18H,8-12H2,1-3H3/t17-,18+/m1/s1. The fraction of sp³-hybridized carbons (Fsp3) is 0.500. The van der Waals surface area contributed by atoms with Crippen LogP contribution >= 0.6 is 0 Å². The van der Waals surface area contributed by atoms with E-state index in [2.05, 4.69) is 5.16 Å². The first kappa shape index (κ1) is 20.8. The zero-order chi connectivity index (χ0) is 21.5. The Bertz CT molecular complexity index is 1010.